The van der Waals surface area contributed by atoms with Crippen molar-refractivity contribution in [1.82, 2.24) is 15.5 Å². The van der Waals surface area contributed by atoms with Crippen LogP contribution >= 0.6 is 0 Å². The highest BCUT2D eigenvalue weighted by Gasteiger charge is 2.33. The highest BCUT2D eigenvalue weighted by atomic mass is 19.4. The van der Waals surface area contributed by atoms with E-state index in [1.807, 2.05) is 6.92 Å². The molecule has 0 aliphatic heterocycles. The van der Waals surface area contributed by atoms with Crippen molar-refractivity contribution in [2.24, 2.45) is 4.99 Å². The molecule has 9 heteroatoms. The minimum atomic E-state index is -4.51. The van der Waals surface area contributed by atoms with Crippen LogP contribution in [-0.4, -0.2) is 51.1 Å². The predicted molar refractivity (Wildman–Crippen MR) is 89.5 cm³/mol. The molecule has 0 heterocycles. The fraction of sp³-hybridized carbons (Fsp3) is 0.500. The van der Waals surface area contributed by atoms with Crippen LogP contribution in [0, 0.1) is 0 Å². The minimum absolute atomic E-state index is 0.00638. The monoisotopic (exact) mass is 360 g/mol. The largest absolute Gasteiger partial charge is 0.497 e. The van der Waals surface area contributed by atoms with Gasteiger partial charge in [0, 0.05) is 20.6 Å². The van der Waals surface area contributed by atoms with Crippen LogP contribution in [0.5, 0.6) is 5.75 Å². The first-order valence-corrected chi connectivity index (χ1v) is 7.65. The van der Waals surface area contributed by atoms with Gasteiger partial charge in [-0.15, -0.1) is 0 Å². The summed E-state index contributed by atoms with van der Waals surface area (Å²) < 4.78 is 44.4. The number of hydrogen-bond acceptors (Lipinski definition) is 3. The molecule has 0 bridgehead atoms. The molecule has 0 saturated heterocycles. The van der Waals surface area contributed by atoms with Crippen molar-refractivity contribution in [1.29, 1.82) is 0 Å². The number of ether oxygens (including phenoxy) is 1. The molecule has 2 N–H and O–H groups in total. The quantitative estimate of drug-likeness (QED) is 0.600. The SMILES string of the molecule is CCNC(=NCc1ccc(OC)cc1C(F)(F)F)NCC(=O)N(C)C. The van der Waals surface area contributed by atoms with Crippen LogP contribution in [-0.2, 0) is 17.5 Å². The van der Waals surface area contributed by atoms with Gasteiger partial charge < -0.3 is 20.3 Å². The summed E-state index contributed by atoms with van der Waals surface area (Å²) in [5.41, 5.74) is -0.778. The van der Waals surface area contributed by atoms with E-state index in [0.29, 0.717) is 6.54 Å². The number of nitrogens with zero attached hydrogens (tertiary/aromatic N) is 2. The summed E-state index contributed by atoms with van der Waals surface area (Å²) in [5.74, 6) is 0.217. The van der Waals surface area contributed by atoms with Gasteiger partial charge >= 0.3 is 6.18 Å². The van der Waals surface area contributed by atoms with Gasteiger partial charge in [0.05, 0.1) is 25.8 Å². The van der Waals surface area contributed by atoms with Crippen molar-refractivity contribution in [3.8, 4) is 5.75 Å². The number of rotatable bonds is 6. The Bertz CT molecular complexity index is 616. The van der Waals surface area contributed by atoms with E-state index in [-0.39, 0.29) is 36.3 Å². The number of aliphatic imine (C=N–C) groups is 1. The smallest absolute Gasteiger partial charge is 0.416 e. The average molecular weight is 360 g/mol. The van der Waals surface area contributed by atoms with Crippen molar-refractivity contribution in [2.75, 3.05) is 34.3 Å². The van der Waals surface area contributed by atoms with Crippen LogP contribution in [0.4, 0.5) is 13.2 Å². The fourth-order valence-electron chi connectivity index (χ4n) is 1.91. The summed E-state index contributed by atoms with van der Waals surface area (Å²) in [4.78, 5) is 17.1. The number of carbonyl (C=O) groups is 1. The van der Waals surface area contributed by atoms with E-state index in [4.69, 9.17) is 4.74 Å². The standard InChI is InChI=1S/C16H23F3N4O2/c1-5-20-15(22-10-14(24)23(2)3)21-9-11-6-7-12(25-4)8-13(11)16(17,18)19/h6-8H,5,9-10H2,1-4H3,(H2,20,21,22). The van der Waals surface area contributed by atoms with Gasteiger partial charge in [0.2, 0.25) is 5.91 Å². The summed E-state index contributed by atoms with van der Waals surface area (Å²) in [6.07, 6.45) is -4.51. The Morgan fingerprint density at radius 1 is 1.28 bits per heavy atom. The van der Waals surface area contributed by atoms with Crippen molar-refractivity contribution < 1.29 is 22.7 Å². The van der Waals surface area contributed by atoms with Crippen LogP contribution in [0.3, 0.4) is 0 Å². The first kappa shape index (κ1) is 20.6. The lowest BCUT2D eigenvalue weighted by Crippen LogP contribution is -2.42. The Morgan fingerprint density at radius 3 is 2.48 bits per heavy atom. The van der Waals surface area contributed by atoms with E-state index in [0.717, 1.165) is 6.07 Å². The van der Waals surface area contributed by atoms with Crippen LogP contribution in [0.25, 0.3) is 0 Å². The lowest BCUT2D eigenvalue weighted by atomic mass is 10.1. The van der Waals surface area contributed by atoms with Crippen LogP contribution in [0.1, 0.15) is 18.1 Å². The van der Waals surface area contributed by atoms with Gasteiger partial charge in [0.25, 0.3) is 0 Å². The average Bonchev–Trinajstić information content (AvgIpc) is 2.55. The van der Waals surface area contributed by atoms with E-state index in [1.54, 1.807) is 14.1 Å². The summed E-state index contributed by atoms with van der Waals surface area (Å²) in [6, 6.07) is 3.73. The lowest BCUT2D eigenvalue weighted by molar-refractivity contribution is -0.138. The van der Waals surface area contributed by atoms with E-state index < -0.39 is 11.7 Å². The molecule has 0 saturated carbocycles. The molecule has 0 aliphatic carbocycles. The zero-order valence-corrected chi connectivity index (χ0v) is 14.7. The maximum atomic E-state index is 13.2. The van der Waals surface area contributed by atoms with E-state index >= 15 is 0 Å². The van der Waals surface area contributed by atoms with E-state index in [1.165, 1.54) is 24.1 Å². The Balaban J connectivity index is 2.96. The second-order valence-corrected chi connectivity index (χ2v) is 5.36. The summed E-state index contributed by atoms with van der Waals surface area (Å²) in [6.45, 7) is 2.13. The normalized spacial score (nSPS) is 11.9. The molecule has 1 aromatic carbocycles. The topological polar surface area (TPSA) is 66.0 Å². The van der Waals surface area contributed by atoms with Crippen LogP contribution in [0.15, 0.2) is 23.2 Å². The van der Waals surface area contributed by atoms with Gasteiger partial charge in [-0.2, -0.15) is 13.2 Å². The number of alkyl halides is 3. The third-order valence-electron chi connectivity index (χ3n) is 3.28. The molecule has 0 aliphatic rings. The van der Waals surface area contributed by atoms with Crippen LogP contribution in [0.2, 0.25) is 0 Å². The Morgan fingerprint density at radius 2 is 1.96 bits per heavy atom. The number of hydrogen-bond donors (Lipinski definition) is 2. The predicted octanol–water partition coefficient (Wildman–Crippen LogP) is 1.86. The van der Waals surface area contributed by atoms with Gasteiger partial charge in [-0.1, -0.05) is 6.07 Å². The molecule has 25 heavy (non-hydrogen) atoms. The molecular weight excluding hydrogens is 337 g/mol. The van der Waals surface area contributed by atoms with Crippen molar-refractivity contribution in [3.63, 3.8) is 0 Å². The Hall–Kier alpha value is -2.45. The molecule has 0 aromatic heterocycles. The molecule has 0 atom stereocenters. The molecule has 1 amide bonds. The summed E-state index contributed by atoms with van der Waals surface area (Å²) in [7, 11) is 4.53. The number of benzene rings is 1. The molecule has 0 spiro atoms. The number of guanidine groups is 1. The first-order valence-electron chi connectivity index (χ1n) is 7.65. The third-order valence-corrected chi connectivity index (χ3v) is 3.28. The molecule has 0 unspecified atom stereocenters. The molecule has 0 radical (unpaired) electrons. The van der Waals surface area contributed by atoms with E-state index in [2.05, 4.69) is 15.6 Å². The lowest BCUT2D eigenvalue weighted by Gasteiger charge is -2.15. The number of methoxy groups -OCH3 is 1. The molecule has 140 valence electrons. The number of likely N-dealkylation sites (N-methyl/N-ethyl adjacent to an activating group) is 1. The number of amides is 1. The van der Waals surface area contributed by atoms with Gasteiger partial charge in [-0.05, 0) is 24.6 Å². The second-order valence-electron chi connectivity index (χ2n) is 5.36. The van der Waals surface area contributed by atoms with Gasteiger partial charge in [-0.3, -0.25) is 4.79 Å². The van der Waals surface area contributed by atoms with Crippen molar-refractivity contribution in [3.05, 3.63) is 29.3 Å². The molecule has 1 rings (SSSR count). The summed E-state index contributed by atoms with van der Waals surface area (Å²) >= 11 is 0. The first-order chi connectivity index (χ1) is 11.7. The fourth-order valence-corrected chi connectivity index (χ4v) is 1.91. The maximum absolute atomic E-state index is 13.2. The van der Waals surface area contributed by atoms with Gasteiger partial charge in [-0.25, -0.2) is 4.99 Å². The minimum Gasteiger partial charge on any atom is -0.497 e. The maximum Gasteiger partial charge on any atom is 0.416 e. The number of halogens is 3. The number of nitrogens with one attached hydrogen (secondary N) is 2. The summed E-state index contributed by atoms with van der Waals surface area (Å²) in [5, 5.41) is 5.68. The molecule has 6 nitrogen and oxygen atoms in total. The highest BCUT2D eigenvalue weighted by Crippen LogP contribution is 2.34. The molecule has 1 aromatic rings. The number of carbonyl (C=O) groups excluding carboxylic acids is 1. The Labute approximate surface area is 145 Å². The van der Waals surface area contributed by atoms with Crippen molar-refractivity contribution >= 4 is 11.9 Å². The highest BCUT2D eigenvalue weighted by molar-refractivity contribution is 5.86. The van der Waals surface area contributed by atoms with Crippen LogP contribution < -0.4 is 15.4 Å². The van der Waals surface area contributed by atoms with E-state index in [9.17, 15) is 18.0 Å². The van der Waals surface area contributed by atoms with Crippen molar-refractivity contribution in [2.45, 2.75) is 19.6 Å². The van der Waals surface area contributed by atoms with Gasteiger partial charge in [0.1, 0.15) is 5.75 Å². The Kier molecular flexibility index (Phi) is 7.53. The zero-order valence-electron chi connectivity index (χ0n) is 14.7. The molecular formula is C16H23F3N4O2. The molecule has 0 fully saturated rings. The van der Waals surface area contributed by atoms with Gasteiger partial charge in [0.15, 0.2) is 5.96 Å². The second kappa shape index (κ2) is 9.14. The third kappa shape index (κ3) is 6.52. The zero-order chi connectivity index (χ0) is 19.0.